The van der Waals surface area contributed by atoms with Gasteiger partial charge in [-0.3, -0.25) is 4.68 Å². The summed E-state index contributed by atoms with van der Waals surface area (Å²) in [7, 11) is 1.87. The molecule has 1 aliphatic rings. The molecule has 2 heterocycles. The molecule has 0 radical (unpaired) electrons. The molecule has 0 spiro atoms. The molecule has 0 amide bonds. The van der Waals surface area contributed by atoms with Gasteiger partial charge in [0.2, 0.25) is 11.7 Å². The topological polar surface area (TPSA) is 82.8 Å². The van der Waals surface area contributed by atoms with E-state index in [9.17, 15) is 0 Å². The molecular weight excluding hydrogens is 242 g/mol. The molecule has 6 nitrogen and oxygen atoms in total. The summed E-state index contributed by atoms with van der Waals surface area (Å²) >= 11 is 0. The van der Waals surface area contributed by atoms with Gasteiger partial charge in [0.15, 0.2) is 0 Å². The first kappa shape index (κ1) is 12.3. The van der Waals surface area contributed by atoms with Crippen LogP contribution in [0.15, 0.2) is 16.9 Å². The van der Waals surface area contributed by atoms with Gasteiger partial charge in [-0.15, -0.1) is 0 Å². The Kier molecular flexibility index (Phi) is 3.33. The van der Waals surface area contributed by atoms with Crippen LogP contribution in [0.2, 0.25) is 0 Å². The second-order valence-electron chi connectivity index (χ2n) is 5.27. The lowest BCUT2D eigenvalue weighted by molar-refractivity contribution is 0.326. The Balaban J connectivity index is 1.84. The van der Waals surface area contributed by atoms with Crippen molar-refractivity contribution >= 4 is 0 Å². The molecule has 3 rings (SSSR count). The third-order valence-electron chi connectivity index (χ3n) is 3.79. The normalized spacial score (nSPS) is 24.3. The first-order chi connectivity index (χ1) is 9.24. The standard InChI is InChI=1S/C13H19N5O/c1-18-8-9(7-15-18)12-16-13(19-17-12)10-5-3-2-4-6-11(10)14/h7-8,10-11H,2-6,14H2,1H3. The van der Waals surface area contributed by atoms with Crippen LogP contribution in [0.25, 0.3) is 11.4 Å². The van der Waals surface area contributed by atoms with Crippen LogP contribution in [0.1, 0.15) is 43.9 Å². The van der Waals surface area contributed by atoms with Crippen molar-refractivity contribution in [3.05, 3.63) is 18.3 Å². The van der Waals surface area contributed by atoms with Crippen LogP contribution in [-0.4, -0.2) is 26.0 Å². The molecular formula is C13H19N5O. The highest BCUT2D eigenvalue weighted by Gasteiger charge is 2.27. The lowest BCUT2D eigenvalue weighted by atomic mass is 9.95. The smallest absolute Gasteiger partial charge is 0.231 e. The Bertz CT molecular complexity index is 547. The van der Waals surface area contributed by atoms with E-state index < -0.39 is 0 Å². The fourth-order valence-electron chi connectivity index (χ4n) is 2.68. The number of hydrogen-bond acceptors (Lipinski definition) is 5. The van der Waals surface area contributed by atoms with Crippen molar-refractivity contribution in [1.29, 1.82) is 0 Å². The minimum absolute atomic E-state index is 0.129. The molecule has 0 saturated heterocycles. The lowest BCUT2D eigenvalue weighted by Gasteiger charge is -2.16. The Morgan fingerprint density at radius 3 is 2.95 bits per heavy atom. The number of nitrogens with zero attached hydrogens (tertiary/aromatic N) is 4. The van der Waals surface area contributed by atoms with E-state index in [4.69, 9.17) is 10.3 Å². The maximum atomic E-state index is 6.22. The van der Waals surface area contributed by atoms with Crippen LogP contribution in [0.5, 0.6) is 0 Å². The molecule has 102 valence electrons. The second kappa shape index (κ2) is 5.13. The van der Waals surface area contributed by atoms with Crippen LogP contribution in [0.4, 0.5) is 0 Å². The third-order valence-corrected chi connectivity index (χ3v) is 3.79. The maximum absolute atomic E-state index is 6.22. The quantitative estimate of drug-likeness (QED) is 0.834. The summed E-state index contributed by atoms with van der Waals surface area (Å²) in [6, 6.07) is 0.129. The maximum Gasteiger partial charge on any atom is 0.231 e. The number of hydrogen-bond donors (Lipinski definition) is 1. The SMILES string of the molecule is Cn1cc(-c2noc(C3CCCCCC3N)n2)cn1. The molecule has 0 bridgehead atoms. The Morgan fingerprint density at radius 2 is 2.16 bits per heavy atom. The predicted molar refractivity (Wildman–Crippen MR) is 70.3 cm³/mol. The summed E-state index contributed by atoms with van der Waals surface area (Å²) in [4.78, 5) is 4.50. The van der Waals surface area contributed by atoms with Gasteiger partial charge >= 0.3 is 0 Å². The van der Waals surface area contributed by atoms with Gasteiger partial charge in [-0.2, -0.15) is 10.1 Å². The lowest BCUT2D eigenvalue weighted by Crippen LogP contribution is -2.27. The fourth-order valence-corrected chi connectivity index (χ4v) is 2.68. The van der Waals surface area contributed by atoms with Crippen molar-refractivity contribution in [2.24, 2.45) is 12.8 Å². The molecule has 2 N–H and O–H groups in total. The molecule has 0 aromatic carbocycles. The van der Waals surface area contributed by atoms with E-state index in [1.165, 1.54) is 19.3 Å². The molecule has 2 atom stereocenters. The number of nitrogens with two attached hydrogens (primary N) is 1. The summed E-state index contributed by atoms with van der Waals surface area (Å²) in [5.74, 6) is 1.47. The van der Waals surface area contributed by atoms with E-state index in [2.05, 4.69) is 15.2 Å². The van der Waals surface area contributed by atoms with E-state index in [0.717, 1.165) is 18.4 Å². The van der Waals surface area contributed by atoms with Crippen LogP contribution >= 0.6 is 0 Å². The fraction of sp³-hybridized carbons (Fsp3) is 0.615. The highest BCUT2D eigenvalue weighted by Crippen LogP contribution is 2.30. The highest BCUT2D eigenvalue weighted by atomic mass is 16.5. The van der Waals surface area contributed by atoms with Gasteiger partial charge in [-0.05, 0) is 12.8 Å². The Hall–Kier alpha value is -1.69. The molecule has 1 fully saturated rings. The average molecular weight is 261 g/mol. The second-order valence-corrected chi connectivity index (χ2v) is 5.27. The summed E-state index contributed by atoms with van der Waals surface area (Å²) in [5, 5.41) is 8.16. The van der Waals surface area contributed by atoms with Gasteiger partial charge in [-0.1, -0.05) is 24.4 Å². The van der Waals surface area contributed by atoms with Crippen LogP contribution in [-0.2, 0) is 7.05 Å². The van der Waals surface area contributed by atoms with Gasteiger partial charge in [0, 0.05) is 19.3 Å². The monoisotopic (exact) mass is 261 g/mol. The van der Waals surface area contributed by atoms with Crippen molar-refractivity contribution in [2.45, 2.75) is 44.1 Å². The van der Waals surface area contributed by atoms with Crippen molar-refractivity contribution in [1.82, 2.24) is 19.9 Å². The van der Waals surface area contributed by atoms with Gasteiger partial charge in [-0.25, -0.2) is 0 Å². The van der Waals surface area contributed by atoms with E-state index >= 15 is 0 Å². The van der Waals surface area contributed by atoms with Gasteiger partial charge in [0.25, 0.3) is 0 Å². The van der Waals surface area contributed by atoms with Crippen molar-refractivity contribution in [3.63, 3.8) is 0 Å². The molecule has 2 aromatic heterocycles. The molecule has 19 heavy (non-hydrogen) atoms. The Morgan fingerprint density at radius 1 is 1.32 bits per heavy atom. The zero-order valence-corrected chi connectivity index (χ0v) is 11.1. The van der Waals surface area contributed by atoms with Crippen LogP contribution < -0.4 is 5.73 Å². The molecule has 2 aromatic rings. The summed E-state index contributed by atoms with van der Waals surface area (Å²) in [5.41, 5.74) is 7.09. The van der Waals surface area contributed by atoms with E-state index in [-0.39, 0.29) is 12.0 Å². The molecule has 1 aliphatic carbocycles. The zero-order valence-electron chi connectivity index (χ0n) is 11.1. The van der Waals surface area contributed by atoms with Crippen molar-refractivity contribution in [2.75, 3.05) is 0 Å². The zero-order chi connectivity index (χ0) is 13.2. The molecule has 1 saturated carbocycles. The highest BCUT2D eigenvalue weighted by molar-refractivity contribution is 5.51. The average Bonchev–Trinajstić information content (AvgIpc) is 2.97. The number of rotatable bonds is 2. The predicted octanol–water partition coefficient (Wildman–Crippen LogP) is 1.85. The Labute approximate surface area is 112 Å². The first-order valence-corrected chi connectivity index (χ1v) is 6.82. The number of aryl methyl sites for hydroxylation is 1. The van der Waals surface area contributed by atoms with Crippen molar-refractivity contribution in [3.8, 4) is 11.4 Å². The van der Waals surface area contributed by atoms with E-state index in [0.29, 0.717) is 11.7 Å². The number of aromatic nitrogens is 4. The van der Waals surface area contributed by atoms with Crippen LogP contribution in [0, 0.1) is 0 Å². The van der Waals surface area contributed by atoms with Gasteiger partial charge < -0.3 is 10.3 Å². The van der Waals surface area contributed by atoms with Gasteiger partial charge in [0.05, 0.1) is 17.7 Å². The third kappa shape index (κ3) is 2.53. The van der Waals surface area contributed by atoms with Crippen LogP contribution in [0.3, 0.4) is 0 Å². The summed E-state index contributed by atoms with van der Waals surface area (Å²) in [6.07, 6.45) is 9.31. The van der Waals surface area contributed by atoms with Crippen molar-refractivity contribution < 1.29 is 4.52 Å². The minimum atomic E-state index is 0.129. The van der Waals surface area contributed by atoms with E-state index in [1.54, 1.807) is 10.9 Å². The summed E-state index contributed by atoms with van der Waals surface area (Å²) in [6.45, 7) is 0. The summed E-state index contributed by atoms with van der Waals surface area (Å²) < 4.78 is 7.14. The molecule has 2 unspecified atom stereocenters. The van der Waals surface area contributed by atoms with Gasteiger partial charge in [0.1, 0.15) is 0 Å². The molecule has 0 aliphatic heterocycles. The first-order valence-electron chi connectivity index (χ1n) is 6.82. The van der Waals surface area contributed by atoms with E-state index in [1.807, 2.05) is 13.2 Å². The largest absolute Gasteiger partial charge is 0.339 e. The molecule has 6 heteroatoms. The minimum Gasteiger partial charge on any atom is -0.339 e.